The third-order valence-electron chi connectivity index (χ3n) is 6.88. The van der Waals surface area contributed by atoms with Crippen molar-refractivity contribution in [1.82, 2.24) is 9.13 Å². The van der Waals surface area contributed by atoms with Crippen molar-refractivity contribution in [3.8, 4) is 5.69 Å². The Bertz CT molecular complexity index is 1620. The van der Waals surface area contributed by atoms with E-state index in [0.717, 1.165) is 0 Å². The summed E-state index contributed by atoms with van der Waals surface area (Å²) < 4.78 is 7.08. The number of fused-ring (bicyclic) bond motifs is 6. The van der Waals surface area contributed by atoms with Crippen molar-refractivity contribution in [2.45, 2.75) is 26.2 Å². The molecule has 0 bridgehead atoms. The van der Waals surface area contributed by atoms with Crippen LogP contribution < -0.4 is 4.57 Å². The van der Waals surface area contributed by atoms with E-state index >= 15 is 0 Å². The molecule has 0 unspecified atom stereocenters. The molecule has 0 radical (unpaired) electrons. The first-order valence-electron chi connectivity index (χ1n) is 11.3. The fraction of sp³-hybridized carbons (Fsp3) is 0.207. The van der Waals surface area contributed by atoms with Crippen molar-refractivity contribution < 1.29 is 4.57 Å². The van der Waals surface area contributed by atoms with E-state index in [1.165, 1.54) is 55.1 Å². The number of hydrogen-bond donors (Lipinski definition) is 0. The van der Waals surface area contributed by atoms with E-state index in [1.54, 1.807) is 0 Å². The van der Waals surface area contributed by atoms with Crippen molar-refractivity contribution in [3.63, 3.8) is 0 Å². The van der Waals surface area contributed by atoms with E-state index in [2.05, 4.69) is 127 Å². The first kappa shape index (κ1) is 19.1. The van der Waals surface area contributed by atoms with Crippen LogP contribution in [0.2, 0.25) is 0 Å². The standard InChI is InChI=1S/C29H28N3/c1-29(2,3)27-17-15-22-23-18-19(14-16-24(23)30(4)28(22)31(27)5)32-25-12-8-6-10-20(25)21-11-7-9-13-26(21)32/h6-18H,1-5H3/q+1. The average Bonchev–Trinajstić information content (AvgIpc) is 3.26. The molecule has 0 aliphatic carbocycles. The third-order valence-corrected chi connectivity index (χ3v) is 6.88. The summed E-state index contributed by atoms with van der Waals surface area (Å²) in [6, 6.07) is 28.9. The lowest BCUT2D eigenvalue weighted by Crippen LogP contribution is -2.41. The van der Waals surface area contributed by atoms with Crippen LogP contribution in [0, 0.1) is 0 Å². The molecule has 3 heteroatoms. The fourth-order valence-electron chi connectivity index (χ4n) is 5.50. The lowest BCUT2D eigenvalue weighted by molar-refractivity contribution is -0.658. The van der Waals surface area contributed by atoms with Gasteiger partial charge in [-0.25, -0.2) is 9.13 Å². The summed E-state index contributed by atoms with van der Waals surface area (Å²) in [7, 11) is 4.37. The van der Waals surface area contributed by atoms with Crippen LogP contribution in [0.3, 0.4) is 0 Å². The Morgan fingerprint density at radius 3 is 1.91 bits per heavy atom. The number of nitrogens with zero attached hydrogens (tertiary/aromatic N) is 3. The number of pyridine rings is 1. The minimum atomic E-state index is 0.0908. The molecular weight excluding hydrogens is 390 g/mol. The van der Waals surface area contributed by atoms with Crippen LogP contribution in [0.4, 0.5) is 0 Å². The molecule has 3 nitrogen and oxygen atoms in total. The maximum atomic E-state index is 2.40. The predicted molar refractivity (Wildman–Crippen MR) is 135 cm³/mol. The predicted octanol–water partition coefficient (Wildman–Crippen LogP) is 6.55. The summed E-state index contributed by atoms with van der Waals surface area (Å²) in [5, 5.41) is 5.17. The topological polar surface area (TPSA) is 13.7 Å². The van der Waals surface area contributed by atoms with Crippen molar-refractivity contribution in [2.75, 3.05) is 0 Å². The van der Waals surface area contributed by atoms with Crippen LogP contribution in [0.1, 0.15) is 26.5 Å². The molecule has 6 aromatic rings. The summed E-state index contributed by atoms with van der Waals surface area (Å²) in [6.07, 6.45) is 0. The number of aromatic nitrogens is 3. The zero-order valence-corrected chi connectivity index (χ0v) is 19.3. The molecule has 0 atom stereocenters. The fourth-order valence-corrected chi connectivity index (χ4v) is 5.50. The molecule has 0 aliphatic rings. The molecular formula is C29H28N3+. The van der Waals surface area contributed by atoms with E-state index in [-0.39, 0.29) is 5.41 Å². The first-order chi connectivity index (χ1) is 15.4. The third kappa shape index (κ3) is 2.51. The van der Waals surface area contributed by atoms with E-state index in [1.807, 2.05) is 0 Å². The van der Waals surface area contributed by atoms with Crippen molar-refractivity contribution >= 4 is 43.7 Å². The molecule has 3 aromatic carbocycles. The van der Waals surface area contributed by atoms with Gasteiger partial charge in [-0.05, 0) is 42.5 Å². The highest BCUT2D eigenvalue weighted by Crippen LogP contribution is 2.35. The summed E-state index contributed by atoms with van der Waals surface area (Å²) in [6.45, 7) is 6.82. The van der Waals surface area contributed by atoms with Crippen molar-refractivity contribution in [1.29, 1.82) is 0 Å². The summed E-state index contributed by atoms with van der Waals surface area (Å²) in [4.78, 5) is 0. The highest BCUT2D eigenvalue weighted by molar-refractivity contribution is 6.10. The lowest BCUT2D eigenvalue weighted by atomic mass is 9.91. The Labute approximate surface area is 188 Å². The maximum Gasteiger partial charge on any atom is 0.289 e. The van der Waals surface area contributed by atoms with Gasteiger partial charge in [0.25, 0.3) is 5.65 Å². The molecule has 6 rings (SSSR count). The quantitative estimate of drug-likeness (QED) is 0.269. The molecule has 32 heavy (non-hydrogen) atoms. The molecule has 0 aliphatic heterocycles. The van der Waals surface area contributed by atoms with Crippen LogP contribution in [0.5, 0.6) is 0 Å². The van der Waals surface area contributed by atoms with Crippen LogP contribution in [-0.2, 0) is 19.5 Å². The molecule has 0 spiro atoms. The van der Waals surface area contributed by atoms with Crippen LogP contribution in [0.25, 0.3) is 49.4 Å². The number of benzene rings is 3. The lowest BCUT2D eigenvalue weighted by Gasteiger charge is -2.18. The van der Waals surface area contributed by atoms with Gasteiger partial charge in [-0.2, -0.15) is 0 Å². The minimum Gasteiger partial charge on any atom is -0.309 e. The molecule has 0 saturated heterocycles. The normalized spacial score (nSPS) is 12.5. The maximum absolute atomic E-state index is 2.40. The Morgan fingerprint density at radius 2 is 1.28 bits per heavy atom. The highest BCUT2D eigenvalue weighted by atomic mass is 15.1. The summed E-state index contributed by atoms with van der Waals surface area (Å²) in [5.41, 5.74) is 7.62. The SMILES string of the molecule is Cn1c2ccc(-n3c4ccccc4c4ccccc43)cc2c2ccc(C(C)(C)C)[n+](C)c21. The van der Waals surface area contributed by atoms with Gasteiger partial charge in [0.05, 0.1) is 30.5 Å². The number of rotatable bonds is 1. The van der Waals surface area contributed by atoms with Gasteiger partial charge in [0.15, 0.2) is 0 Å². The van der Waals surface area contributed by atoms with Crippen molar-refractivity contribution in [3.05, 3.63) is 84.6 Å². The minimum absolute atomic E-state index is 0.0908. The second-order valence-corrected chi connectivity index (χ2v) is 9.90. The van der Waals surface area contributed by atoms with E-state index < -0.39 is 0 Å². The second-order valence-electron chi connectivity index (χ2n) is 9.90. The highest BCUT2D eigenvalue weighted by Gasteiger charge is 2.26. The average molecular weight is 419 g/mol. The number of para-hydroxylation sites is 2. The van der Waals surface area contributed by atoms with Gasteiger partial charge in [0, 0.05) is 27.3 Å². The van der Waals surface area contributed by atoms with Crippen LogP contribution >= 0.6 is 0 Å². The second kappa shape index (κ2) is 6.46. The summed E-state index contributed by atoms with van der Waals surface area (Å²) in [5.74, 6) is 0. The van der Waals surface area contributed by atoms with Gasteiger partial charge in [0.2, 0.25) is 0 Å². The number of hydrogen-bond acceptors (Lipinski definition) is 0. The Hall–Kier alpha value is -3.59. The molecule has 0 fully saturated rings. The van der Waals surface area contributed by atoms with Gasteiger partial charge in [0.1, 0.15) is 11.2 Å². The van der Waals surface area contributed by atoms with E-state index in [4.69, 9.17) is 0 Å². The van der Waals surface area contributed by atoms with Gasteiger partial charge >= 0.3 is 0 Å². The van der Waals surface area contributed by atoms with Crippen LogP contribution in [0.15, 0.2) is 78.9 Å². The zero-order valence-electron chi connectivity index (χ0n) is 19.3. The van der Waals surface area contributed by atoms with Crippen LogP contribution in [-0.4, -0.2) is 9.13 Å². The molecule has 3 aromatic heterocycles. The molecule has 0 N–H and O–H groups in total. The van der Waals surface area contributed by atoms with Gasteiger partial charge in [-0.15, -0.1) is 0 Å². The first-order valence-corrected chi connectivity index (χ1v) is 11.3. The molecule has 0 saturated carbocycles. The van der Waals surface area contributed by atoms with Gasteiger partial charge in [-0.3, -0.25) is 0 Å². The van der Waals surface area contributed by atoms with Gasteiger partial charge < -0.3 is 4.57 Å². The Kier molecular flexibility index (Phi) is 3.86. The smallest absolute Gasteiger partial charge is 0.289 e. The zero-order chi connectivity index (χ0) is 22.2. The van der Waals surface area contributed by atoms with Crippen molar-refractivity contribution in [2.24, 2.45) is 14.1 Å². The van der Waals surface area contributed by atoms with E-state index in [0.29, 0.717) is 0 Å². The molecule has 0 amide bonds. The monoisotopic (exact) mass is 418 g/mol. The Balaban J connectivity index is 1.70. The largest absolute Gasteiger partial charge is 0.309 e. The summed E-state index contributed by atoms with van der Waals surface area (Å²) >= 11 is 0. The number of aryl methyl sites for hydroxylation is 2. The molecule has 3 heterocycles. The van der Waals surface area contributed by atoms with Gasteiger partial charge in [-0.1, -0.05) is 57.2 Å². The van der Waals surface area contributed by atoms with E-state index in [9.17, 15) is 0 Å². The Morgan fingerprint density at radius 1 is 0.656 bits per heavy atom. The molecule has 158 valence electrons.